The molecule has 1 amide bonds. The molecule has 2 aliphatic heterocycles. The Morgan fingerprint density at radius 3 is 2.68 bits per heavy atom. The maximum Gasteiger partial charge on any atom is 0.338 e. The summed E-state index contributed by atoms with van der Waals surface area (Å²) in [5.41, 5.74) is 1.34. The lowest BCUT2D eigenvalue weighted by Gasteiger charge is -2.39. The number of hydrogen-bond acceptors (Lipinski definition) is 9. The van der Waals surface area contributed by atoms with Gasteiger partial charge >= 0.3 is 11.9 Å². The topological polar surface area (TPSA) is 104 Å². The number of nitrogens with zero attached hydrogens (tertiary/aromatic N) is 2. The molecule has 0 aromatic heterocycles. The van der Waals surface area contributed by atoms with Crippen LogP contribution in [0, 0.1) is 0 Å². The fourth-order valence-corrected chi connectivity index (χ4v) is 4.37. The normalized spacial score (nSPS) is 18.3. The number of hydrogen-bond donors (Lipinski definition) is 0. The third kappa shape index (κ3) is 4.91. The van der Waals surface area contributed by atoms with E-state index in [4.69, 9.17) is 18.9 Å². The van der Waals surface area contributed by atoms with Gasteiger partial charge in [-0.05, 0) is 24.6 Å². The van der Waals surface area contributed by atoms with Crippen molar-refractivity contribution in [3.63, 3.8) is 0 Å². The van der Waals surface area contributed by atoms with E-state index in [-0.39, 0.29) is 30.4 Å². The number of carbonyl (C=O) groups is 3. The zero-order valence-corrected chi connectivity index (χ0v) is 18.6. The zero-order chi connectivity index (χ0) is 22.5. The Labute approximate surface area is 184 Å². The van der Waals surface area contributed by atoms with Crippen LogP contribution < -0.4 is 9.47 Å². The summed E-state index contributed by atoms with van der Waals surface area (Å²) in [7, 11) is 2.96. The van der Waals surface area contributed by atoms with Crippen molar-refractivity contribution in [3.05, 3.63) is 35.0 Å². The van der Waals surface area contributed by atoms with E-state index in [1.807, 2.05) is 0 Å². The number of thioether (sulfide) groups is 1. The summed E-state index contributed by atoms with van der Waals surface area (Å²) in [4.78, 5) is 43.2. The number of amidine groups is 1. The molecule has 0 radical (unpaired) electrons. The molecule has 1 aromatic rings. The molecule has 1 unspecified atom stereocenters. The van der Waals surface area contributed by atoms with Gasteiger partial charge in [0, 0.05) is 26.2 Å². The van der Waals surface area contributed by atoms with E-state index >= 15 is 0 Å². The predicted octanol–water partition coefficient (Wildman–Crippen LogP) is 2.46. The van der Waals surface area contributed by atoms with E-state index in [0.717, 1.165) is 0 Å². The van der Waals surface area contributed by atoms with Crippen LogP contribution in [0.15, 0.2) is 34.5 Å². The molecule has 2 aliphatic rings. The predicted molar refractivity (Wildman–Crippen MR) is 114 cm³/mol. The lowest BCUT2D eigenvalue weighted by molar-refractivity contribution is -0.141. The van der Waals surface area contributed by atoms with E-state index in [1.165, 1.54) is 37.8 Å². The van der Waals surface area contributed by atoms with Gasteiger partial charge in [-0.1, -0.05) is 17.8 Å². The van der Waals surface area contributed by atoms with Crippen molar-refractivity contribution in [2.24, 2.45) is 4.99 Å². The minimum Gasteiger partial charge on any atom is -0.493 e. The SMILES string of the molecule is COCCOC(=O)C1=C(C)N=C2SCCC(=O)N2C1c1ccc(OC(C)=O)c(OC)c1. The molecular formula is C21H24N2O7S. The first-order valence-electron chi connectivity index (χ1n) is 9.64. The van der Waals surface area contributed by atoms with E-state index < -0.39 is 18.0 Å². The van der Waals surface area contributed by atoms with Crippen molar-refractivity contribution in [2.45, 2.75) is 26.3 Å². The van der Waals surface area contributed by atoms with Crippen LogP contribution in [0.3, 0.4) is 0 Å². The van der Waals surface area contributed by atoms with E-state index in [1.54, 1.807) is 25.1 Å². The molecule has 2 heterocycles. The smallest absolute Gasteiger partial charge is 0.338 e. The minimum absolute atomic E-state index is 0.0762. The van der Waals surface area contributed by atoms with Gasteiger partial charge in [0.25, 0.3) is 0 Å². The molecule has 1 fully saturated rings. The Morgan fingerprint density at radius 1 is 1.23 bits per heavy atom. The van der Waals surface area contributed by atoms with Gasteiger partial charge in [0.15, 0.2) is 16.7 Å². The van der Waals surface area contributed by atoms with E-state index in [9.17, 15) is 14.4 Å². The molecule has 0 bridgehead atoms. The summed E-state index contributed by atoms with van der Waals surface area (Å²) < 4.78 is 20.9. The van der Waals surface area contributed by atoms with Crippen LogP contribution in [0.5, 0.6) is 11.5 Å². The van der Waals surface area contributed by atoms with Crippen LogP contribution in [0.1, 0.15) is 31.9 Å². The summed E-state index contributed by atoms with van der Waals surface area (Å²) >= 11 is 1.46. The first-order chi connectivity index (χ1) is 14.9. The summed E-state index contributed by atoms with van der Waals surface area (Å²) in [6.07, 6.45) is 0.327. The molecular weight excluding hydrogens is 424 g/mol. The Bertz CT molecular complexity index is 957. The van der Waals surface area contributed by atoms with Gasteiger partial charge in [0.05, 0.1) is 31.0 Å². The first kappa shape index (κ1) is 22.8. The third-order valence-electron chi connectivity index (χ3n) is 4.70. The highest BCUT2D eigenvalue weighted by atomic mass is 32.2. The third-order valence-corrected chi connectivity index (χ3v) is 5.66. The van der Waals surface area contributed by atoms with Gasteiger partial charge in [0.1, 0.15) is 6.61 Å². The molecule has 0 saturated carbocycles. The average Bonchev–Trinajstić information content (AvgIpc) is 2.73. The van der Waals surface area contributed by atoms with Crippen molar-refractivity contribution in [3.8, 4) is 11.5 Å². The summed E-state index contributed by atoms with van der Waals surface area (Å²) in [5.74, 6) is -0.0320. The van der Waals surface area contributed by atoms with Gasteiger partial charge in [-0.3, -0.25) is 14.5 Å². The molecule has 1 aromatic carbocycles. The highest BCUT2D eigenvalue weighted by molar-refractivity contribution is 8.14. The van der Waals surface area contributed by atoms with Crippen molar-refractivity contribution >= 4 is 34.8 Å². The Hall–Kier alpha value is -2.85. The molecule has 0 spiro atoms. The average molecular weight is 448 g/mol. The number of fused-ring (bicyclic) bond motifs is 1. The van der Waals surface area contributed by atoms with E-state index in [0.29, 0.717) is 34.4 Å². The quantitative estimate of drug-likeness (QED) is 0.356. The Kier molecular flexibility index (Phi) is 7.34. The fraction of sp³-hybridized carbons (Fsp3) is 0.429. The largest absolute Gasteiger partial charge is 0.493 e. The van der Waals surface area contributed by atoms with E-state index in [2.05, 4.69) is 4.99 Å². The van der Waals surface area contributed by atoms with Gasteiger partial charge in [-0.25, -0.2) is 9.79 Å². The number of allylic oxidation sites excluding steroid dienone is 1. The molecule has 10 heteroatoms. The van der Waals surface area contributed by atoms with Crippen LogP contribution in [-0.2, 0) is 23.9 Å². The van der Waals surface area contributed by atoms with Crippen molar-refractivity contribution < 1.29 is 33.3 Å². The standard InChI is InChI=1S/C21H24N2O7S/c1-12-18(20(26)29-9-8-27-3)19(23-17(25)7-10-31-21(23)22-12)14-5-6-15(30-13(2)24)16(11-14)28-4/h5-6,11,19H,7-10H2,1-4H3. The number of esters is 2. The fourth-order valence-electron chi connectivity index (χ4n) is 3.36. The number of ether oxygens (including phenoxy) is 4. The summed E-state index contributed by atoms with van der Waals surface area (Å²) in [5, 5.41) is 0.537. The number of aliphatic imine (C=N–C) groups is 1. The molecule has 0 N–H and O–H groups in total. The lowest BCUT2D eigenvalue weighted by atomic mass is 9.94. The molecule has 31 heavy (non-hydrogen) atoms. The van der Waals surface area contributed by atoms with Crippen molar-refractivity contribution in [2.75, 3.05) is 33.2 Å². The van der Waals surface area contributed by atoms with Crippen molar-refractivity contribution in [1.82, 2.24) is 4.90 Å². The van der Waals surface area contributed by atoms with Gasteiger partial charge in [0.2, 0.25) is 5.91 Å². The van der Waals surface area contributed by atoms with Gasteiger partial charge in [-0.2, -0.15) is 0 Å². The number of benzene rings is 1. The first-order valence-corrected chi connectivity index (χ1v) is 10.6. The molecule has 1 atom stereocenters. The van der Waals surface area contributed by atoms with Crippen molar-refractivity contribution in [1.29, 1.82) is 0 Å². The highest BCUT2D eigenvalue weighted by Crippen LogP contribution is 2.42. The second-order valence-electron chi connectivity index (χ2n) is 6.79. The van der Waals surface area contributed by atoms with Crippen LogP contribution >= 0.6 is 11.8 Å². The summed E-state index contributed by atoms with van der Waals surface area (Å²) in [6.45, 7) is 3.34. The minimum atomic E-state index is -0.747. The van der Waals surface area contributed by atoms with Crippen LogP contribution in [-0.4, -0.2) is 61.1 Å². The number of methoxy groups -OCH3 is 2. The lowest BCUT2D eigenvalue weighted by Crippen LogP contribution is -2.45. The van der Waals surface area contributed by atoms with Crippen LogP contribution in [0.25, 0.3) is 0 Å². The second kappa shape index (κ2) is 9.97. The number of rotatable bonds is 7. The van der Waals surface area contributed by atoms with Gasteiger partial charge in [-0.15, -0.1) is 0 Å². The molecule has 9 nitrogen and oxygen atoms in total. The van der Waals surface area contributed by atoms with Crippen LogP contribution in [0.4, 0.5) is 0 Å². The number of amides is 1. The molecule has 0 aliphatic carbocycles. The molecule has 3 rings (SSSR count). The van der Waals surface area contributed by atoms with Gasteiger partial charge < -0.3 is 18.9 Å². The molecule has 1 saturated heterocycles. The zero-order valence-electron chi connectivity index (χ0n) is 17.8. The Morgan fingerprint density at radius 2 is 2.00 bits per heavy atom. The van der Waals surface area contributed by atoms with Crippen LogP contribution in [0.2, 0.25) is 0 Å². The maximum absolute atomic E-state index is 13.0. The monoisotopic (exact) mass is 448 g/mol. The Balaban J connectivity index is 2.08. The maximum atomic E-state index is 13.0. The highest BCUT2D eigenvalue weighted by Gasteiger charge is 2.42. The number of carbonyl (C=O) groups excluding carboxylic acids is 3. The summed E-state index contributed by atoms with van der Waals surface area (Å²) in [6, 6.07) is 4.17. The molecule has 166 valence electrons. The second-order valence-corrected chi connectivity index (χ2v) is 7.85.